The Morgan fingerprint density at radius 3 is 1.42 bits per heavy atom. The number of unbranched alkanes of at least 4 members (excludes halogenated alkanes) is 32. The third kappa shape index (κ3) is 44.8. The van der Waals surface area contributed by atoms with E-state index >= 15 is 0 Å². The van der Waals surface area contributed by atoms with Gasteiger partial charge >= 0.3 is 5.97 Å². The number of allylic oxidation sites excluding steroid dienone is 11. The maximum atomic E-state index is 13.0. The van der Waals surface area contributed by atoms with Gasteiger partial charge in [0.05, 0.1) is 32.0 Å². The third-order valence-corrected chi connectivity index (χ3v) is 14.8. The SMILES string of the molecule is C/C=C/CC/C=C/CC/C=C/C(O)C(COC1OC(CO)C(O)C(O)C1O)NC(=O)CCCCCCCCCCCC/C=C\CCCCCCCCCCCCCCOC(=O)CCCCCCC/C=C\C/C=C\CCCCC. The van der Waals surface area contributed by atoms with Crippen LogP contribution in [0, 0.1) is 0 Å². The predicted octanol–water partition coefficient (Wildman–Crippen LogP) is 15.6. The fourth-order valence-corrected chi connectivity index (χ4v) is 9.73. The van der Waals surface area contributed by atoms with Crippen LogP contribution in [0.3, 0.4) is 0 Å². The van der Waals surface area contributed by atoms with Gasteiger partial charge in [0.1, 0.15) is 24.4 Å². The summed E-state index contributed by atoms with van der Waals surface area (Å²) in [6, 6.07) is -0.836. The van der Waals surface area contributed by atoms with E-state index in [0.717, 1.165) is 77.0 Å². The summed E-state index contributed by atoms with van der Waals surface area (Å²) in [5.74, 6) is -0.214. The van der Waals surface area contributed by atoms with Crippen LogP contribution in [0.4, 0.5) is 0 Å². The van der Waals surface area contributed by atoms with Crippen molar-refractivity contribution in [3.63, 3.8) is 0 Å². The molecule has 0 bridgehead atoms. The number of hydrogen-bond acceptors (Lipinski definition) is 10. The Hall–Kier alpha value is -2.90. The molecule has 7 unspecified atom stereocenters. The topological polar surface area (TPSA) is 175 Å². The van der Waals surface area contributed by atoms with E-state index in [9.17, 15) is 35.1 Å². The summed E-state index contributed by atoms with van der Waals surface area (Å²) < 4.78 is 16.7. The molecule has 0 spiro atoms. The van der Waals surface area contributed by atoms with Gasteiger partial charge in [-0.1, -0.05) is 228 Å². The van der Waals surface area contributed by atoms with E-state index in [1.165, 1.54) is 173 Å². The molecule has 1 aliphatic rings. The van der Waals surface area contributed by atoms with Crippen LogP contribution in [0.1, 0.15) is 277 Å². The summed E-state index contributed by atoms with van der Waals surface area (Å²) in [6.45, 7) is 4.06. The van der Waals surface area contributed by atoms with Crippen molar-refractivity contribution in [3.8, 4) is 0 Å². The maximum absolute atomic E-state index is 13.0. The number of amides is 1. The largest absolute Gasteiger partial charge is 0.466 e. The first-order chi connectivity index (χ1) is 38.2. The Balaban J connectivity index is 1.96. The molecule has 0 aromatic heterocycles. The van der Waals surface area contributed by atoms with Gasteiger partial charge in [0, 0.05) is 12.8 Å². The minimum Gasteiger partial charge on any atom is -0.466 e. The van der Waals surface area contributed by atoms with Crippen molar-refractivity contribution in [1.29, 1.82) is 0 Å². The van der Waals surface area contributed by atoms with Crippen LogP contribution in [-0.4, -0.2) is 100 Å². The molecule has 1 fully saturated rings. The molecule has 0 radical (unpaired) electrons. The Bertz CT molecular complexity index is 1520. The molecule has 6 N–H and O–H groups in total. The summed E-state index contributed by atoms with van der Waals surface area (Å²) in [6.07, 6.45) is 64.8. The number of carbonyl (C=O) groups excluding carboxylic acids is 2. The van der Waals surface area contributed by atoms with E-state index in [1.807, 2.05) is 19.1 Å². The molecule has 7 atom stereocenters. The molecule has 1 heterocycles. The highest BCUT2D eigenvalue weighted by atomic mass is 16.7. The number of aliphatic hydroxyl groups excluding tert-OH is 5. The van der Waals surface area contributed by atoms with Crippen LogP contribution >= 0.6 is 0 Å². The number of rotatable bonds is 55. The Labute approximate surface area is 477 Å². The fraction of sp³-hybridized carbons (Fsp3) is 0.791. The van der Waals surface area contributed by atoms with E-state index in [2.05, 4.69) is 66.9 Å². The van der Waals surface area contributed by atoms with Crippen molar-refractivity contribution < 1.29 is 49.3 Å². The molecule has 0 aromatic carbocycles. The number of hydrogen-bond donors (Lipinski definition) is 6. The molecule has 1 saturated heterocycles. The average Bonchev–Trinajstić information content (AvgIpc) is 3.44. The summed E-state index contributed by atoms with van der Waals surface area (Å²) in [5.41, 5.74) is 0. The molecular formula is C67H119NO10. The first kappa shape index (κ1) is 73.1. The highest BCUT2D eigenvalue weighted by Gasteiger charge is 2.44. The molecule has 78 heavy (non-hydrogen) atoms. The first-order valence-corrected chi connectivity index (χ1v) is 32.2. The summed E-state index contributed by atoms with van der Waals surface area (Å²) in [7, 11) is 0. The zero-order valence-electron chi connectivity index (χ0n) is 49.9. The zero-order valence-corrected chi connectivity index (χ0v) is 49.9. The van der Waals surface area contributed by atoms with Gasteiger partial charge in [-0.15, -0.1) is 0 Å². The third-order valence-electron chi connectivity index (χ3n) is 14.8. The average molecular weight is 1100 g/mol. The lowest BCUT2D eigenvalue weighted by molar-refractivity contribution is -0.302. The van der Waals surface area contributed by atoms with Crippen LogP contribution in [-0.2, 0) is 23.8 Å². The monoisotopic (exact) mass is 1100 g/mol. The number of nitrogens with one attached hydrogen (secondary N) is 1. The van der Waals surface area contributed by atoms with Gasteiger partial charge in [0.2, 0.25) is 5.91 Å². The van der Waals surface area contributed by atoms with Crippen molar-refractivity contribution in [2.45, 2.75) is 320 Å². The normalized spacial score (nSPS) is 19.0. The maximum Gasteiger partial charge on any atom is 0.305 e. The van der Waals surface area contributed by atoms with Crippen LogP contribution in [0.2, 0.25) is 0 Å². The van der Waals surface area contributed by atoms with Crippen molar-refractivity contribution >= 4 is 11.9 Å². The van der Waals surface area contributed by atoms with E-state index in [-0.39, 0.29) is 18.5 Å². The van der Waals surface area contributed by atoms with Crippen LogP contribution in [0.5, 0.6) is 0 Å². The highest BCUT2D eigenvalue weighted by molar-refractivity contribution is 5.76. The lowest BCUT2D eigenvalue weighted by Crippen LogP contribution is -2.60. The molecular weight excluding hydrogens is 979 g/mol. The lowest BCUT2D eigenvalue weighted by atomic mass is 9.99. The molecule has 0 aromatic rings. The summed E-state index contributed by atoms with van der Waals surface area (Å²) in [4.78, 5) is 25.1. The Kier molecular flexibility index (Phi) is 52.5. The Morgan fingerprint density at radius 2 is 0.923 bits per heavy atom. The number of esters is 1. The molecule has 1 rings (SSSR count). The standard InChI is InChI=1S/C67H119NO10/c1-3-5-7-9-11-13-14-15-28-32-35-39-43-47-51-55-63(72)76-56-52-48-44-40-36-33-30-27-25-23-21-19-17-16-18-20-22-24-26-29-31-34-38-42-46-50-54-62(71)68-59(60(70)53-49-45-41-37-12-10-8-6-4-2)58-77-67-66(75)65(74)64(73)61(57-69)78-67/h4,6,11-13,15-16,18,28,37,49,53,59-61,64-67,69-70,73-75H,3,5,7-10,14,17,19-27,29-36,38-48,50-52,54-58H2,1-2H3,(H,68,71)/b6-4+,13-11-,18-16-,28-15-,37-12+,53-49+. The second kappa shape index (κ2) is 56.0. The summed E-state index contributed by atoms with van der Waals surface area (Å²) >= 11 is 0. The van der Waals surface area contributed by atoms with E-state index in [1.54, 1.807) is 6.08 Å². The van der Waals surface area contributed by atoms with Gasteiger partial charge in [0.15, 0.2) is 6.29 Å². The van der Waals surface area contributed by atoms with E-state index < -0.39 is 49.5 Å². The van der Waals surface area contributed by atoms with Gasteiger partial charge in [-0.25, -0.2) is 0 Å². The smallest absolute Gasteiger partial charge is 0.305 e. The van der Waals surface area contributed by atoms with Crippen LogP contribution in [0.25, 0.3) is 0 Å². The van der Waals surface area contributed by atoms with Gasteiger partial charge in [-0.2, -0.15) is 0 Å². The Morgan fingerprint density at radius 1 is 0.500 bits per heavy atom. The molecule has 1 amide bonds. The number of ether oxygens (including phenoxy) is 3. The second-order valence-electron chi connectivity index (χ2n) is 22.1. The lowest BCUT2D eigenvalue weighted by Gasteiger charge is -2.40. The molecule has 11 heteroatoms. The molecule has 11 nitrogen and oxygen atoms in total. The van der Waals surface area contributed by atoms with Gasteiger partial charge in [0.25, 0.3) is 0 Å². The van der Waals surface area contributed by atoms with Gasteiger partial charge in [-0.05, 0) is 110 Å². The fourth-order valence-electron chi connectivity index (χ4n) is 9.73. The van der Waals surface area contributed by atoms with Crippen LogP contribution in [0.15, 0.2) is 72.9 Å². The first-order valence-electron chi connectivity index (χ1n) is 32.2. The minimum atomic E-state index is -1.58. The quantitative estimate of drug-likeness (QED) is 0.0195. The highest BCUT2D eigenvalue weighted by Crippen LogP contribution is 2.23. The van der Waals surface area contributed by atoms with Crippen molar-refractivity contribution in [2.75, 3.05) is 19.8 Å². The van der Waals surface area contributed by atoms with Crippen molar-refractivity contribution in [3.05, 3.63) is 72.9 Å². The van der Waals surface area contributed by atoms with Gasteiger partial charge < -0.3 is 45.1 Å². The zero-order chi connectivity index (χ0) is 56.6. The molecule has 0 aliphatic carbocycles. The molecule has 1 aliphatic heterocycles. The predicted molar refractivity (Wildman–Crippen MR) is 324 cm³/mol. The minimum absolute atomic E-state index is 0.0113. The number of carbonyl (C=O) groups is 2. The molecule has 452 valence electrons. The van der Waals surface area contributed by atoms with E-state index in [4.69, 9.17) is 14.2 Å². The summed E-state index contributed by atoms with van der Waals surface area (Å²) in [5, 5.41) is 54.2. The number of aliphatic hydroxyl groups is 5. The second-order valence-corrected chi connectivity index (χ2v) is 22.1. The van der Waals surface area contributed by atoms with Crippen molar-refractivity contribution in [2.24, 2.45) is 0 Å². The molecule has 0 saturated carbocycles. The van der Waals surface area contributed by atoms with Crippen molar-refractivity contribution in [1.82, 2.24) is 5.32 Å². The van der Waals surface area contributed by atoms with Crippen LogP contribution < -0.4 is 5.32 Å². The van der Waals surface area contributed by atoms with E-state index in [0.29, 0.717) is 19.4 Å². The van der Waals surface area contributed by atoms with Gasteiger partial charge in [-0.3, -0.25) is 9.59 Å².